The first kappa shape index (κ1) is 23.3. The minimum Gasteiger partial charge on any atom is -0.504 e. The molecule has 0 amide bonds. The van der Waals surface area contributed by atoms with Crippen molar-refractivity contribution in [1.82, 2.24) is 14.5 Å². The van der Waals surface area contributed by atoms with E-state index >= 15 is 0 Å². The Kier molecular flexibility index (Phi) is 6.94. The lowest BCUT2D eigenvalue weighted by Crippen LogP contribution is -2.46. The SMILES string of the molecule is CC(=NO)c1cnn2ccc(CCCCCN3CCN(c4ccc(O)c5c4OCCO5)CC3)cc12. The van der Waals surface area contributed by atoms with Gasteiger partial charge in [-0.2, -0.15) is 5.10 Å². The average Bonchev–Trinajstić information content (AvgIpc) is 3.32. The first-order chi connectivity index (χ1) is 17.1. The molecule has 2 N–H and O–H groups in total. The van der Waals surface area contributed by atoms with Gasteiger partial charge in [0.05, 0.1) is 23.1 Å². The number of phenolic OH excluding ortho intramolecular Hbond substituents is 1. The van der Waals surface area contributed by atoms with Crippen LogP contribution in [0.15, 0.2) is 41.8 Å². The second-order valence-corrected chi connectivity index (χ2v) is 9.21. The standard InChI is InChI=1S/C26H33N5O4/c1-19(28-33)21-18-27-31-10-8-20(17-23(21)31)5-3-2-4-9-29-11-13-30(14-12-29)22-6-7-24(32)26-25(22)34-15-16-35-26/h6-8,10,17-18,32-33H,2-5,9,11-16H2,1H3. The number of pyridine rings is 1. The van der Waals surface area contributed by atoms with E-state index in [2.05, 4.69) is 32.2 Å². The monoisotopic (exact) mass is 479 g/mol. The predicted molar refractivity (Wildman–Crippen MR) is 134 cm³/mol. The zero-order valence-electron chi connectivity index (χ0n) is 20.2. The van der Waals surface area contributed by atoms with E-state index in [1.54, 1.807) is 19.2 Å². The molecular formula is C26H33N5O4. The molecule has 2 aliphatic heterocycles. The van der Waals surface area contributed by atoms with Crippen LogP contribution in [-0.2, 0) is 6.42 Å². The molecule has 0 bridgehead atoms. The van der Waals surface area contributed by atoms with Crippen molar-refractivity contribution in [1.29, 1.82) is 0 Å². The summed E-state index contributed by atoms with van der Waals surface area (Å²) < 4.78 is 13.3. The molecule has 9 heteroatoms. The summed E-state index contributed by atoms with van der Waals surface area (Å²) in [5.74, 6) is 1.28. The van der Waals surface area contributed by atoms with Gasteiger partial charge in [-0.15, -0.1) is 0 Å². The second-order valence-electron chi connectivity index (χ2n) is 9.21. The highest BCUT2D eigenvalue weighted by molar-refractivity contribution is 6.04. The molecule has 0 saturated carbocycles. The summed E-state index contributed by atoms with van der Waals surface area (Å²) >= 11 is 0. The predicted octanol–water partition coefficient (Wildman–Crippen LogP) is 3.54. The topological polar surface area (TPSA) is 95.1 Å². The number of anilines is 1. The van der Waals surface area contributed by atoms with E-state index in [9.17, 15) is 5.11 Å². The summed E-state index contributed by atoms with van der Waals surface area (Å²) in [5, 5.41) is 26.8. The maximum Gasteiger partial charge on any atom is 0.205 e. The Labute approximate surface area is 205 Å². The molecule has 1 saturated heterocycles. The quantitative estimate of drug-likeness (QED) is 0.221. The van der Waals surface area contributed by atoms with Crippen LogP contribution in [0, 0.1) is 0 Å². The van der Waals surface area contributed by atoms with Crippen molar-refractivity contribution in [3.8, 4) is 17.2 Å². The molecule has 1 fully saturated rings. The Bertz CT molecular complexity index is 1200. The Morgan fingerprint density at radius 1 is 1.03 bits per heavy atom. The van der Waals surface area contributed by atoms with Gasteiger partial charge in [0.15, 0.2) is 11.5 Å². The first-order valence-corrected chi connectivity index (χ1v) is 12.4. The minimum absolute atomic E-state index is 0.141. The highest BCUT2D eigenvalue weighted by Crippen LogP contribution is 2.45. The second kappa shape index (κ2) is 10.4. The summed E-state index contributed by atoms with van der Waals surface area (Å²) in [7, 11) is 0. The lowest BCUT2D eigenvalue weighted by Gasteiger charge is -2.37. The average molecular weight is 480 g/mol. The molecule has 186 valence electrons. The van der Waals surface area contributed by atoms with Crippen molar-refractivity contribution >= 4 is 16.9 Å². The molecule has 2 aliphatic rings. The van der Waals surface area contributed by atoms with Crippen LogP contribution in [0.3, 0.4) is 0 Å². The van der Waals surface area contributed by atoms with E-state index in [4.69, 9.17) is 14.7 Å². The Morgan fingerprint density at radius 3 is 2.63 bits per heavy atom. The molecule has 4 heterocycles. The lowest BCUT2D eigenvalue weighted by molar-refractivity contribution is 0.165. The number of hydrogen-bond acceptors (Lipinski definition) is 8. The van der Waals surface area contributed by atoms with Gasteiger partial charge in [-0.1, -0.05) is 11.6 Å². The van der Waals surface area contributed by atoms with Crippen LogP contribution >= 0.6 is 0 Å². The lowest BCUT2D eigenvalue weighted by atomic mass is 10.1. The number of aromatic nitrogens is 2. The van der Waals surface area contributed by atoms with Crippen LogP contribution in [0.5, 0.6) is 17.2 Å². The largest absolute Gasteiger partial charge is 0.504 e. The molecule has 0 spiro atoms. The summed E-state index contributed by atoms with van der Waals surface area (Å²) in [6.07, 6.45) is 8.25. The summed E-state index contributed by atoms with van der Waals surface area (Å²) in [4.78, 5) is 4.86. The fourth-order valence-electron chi connectivity index (χ4n) is 4.92. The number of benzene rings is 1. The number of unbranched alkanes of at least 4 members (excludes halogenated alkanes) is 2. The molecule has 0 aliphatic carbocycles. The summed E-state index contributed by atoms with van der Waals surface area (Å²) in [6, 6.07) is 7.89. The molecule has 5 rings (SSSR count). The third-order valence-electron chi connectivity index (χ3n) is 6.93. The van der Waals surface area contributed by atoms with E-state index in [1.165, 1.54) is 18.4 Å². The van der Waals surface area contributed by atoms with Gasteiger partial charge >= 0.3 is 0 Å². The number of aromatic hydroxyl groups is 1. The Hall–Kier alpha value is -3.46. The van der Waals surface area contributed by atoms with Crippen molar-refractivity contribution < 1.29 is 19.8 Å². The van der Waals surface area contributed by atoms with E-state index < -0.39 is 0 Å². The number of hydrogen-bond donors (Lipinski definition) is 2. The molecule has 35 heavy (non-hydrogen) atoms. The van der Waals surface area contributed by atoms with Crippen LogP contribution in [0.2, 0.25) is 0 Å². The highest BCUT2D eigenvalue weighted by Gasteiger charge is 2.25. The highest BCUT2D eigenvalue weighted by atomic mass is 16.6. The summed E-state index contributed by atoms with van der Waals surface area (Å²) in [5.41, 5.74) is 4.70. The third-order valence-corrected chi connectivity index (χ3v) is 6.93. The zero-order valence-corrected chi connectivity index (χ0v) is 20.2. The van der Waals surface area contributed by atoms with Gasteiger partial charge in [-0.05, 0) is 62.6 Å². The number of nitrogens with zero attached hydrogens (tertiary/aromatic N) is 5. The smallest absolute Gasteiger partial charge is 0.205 e. The number of phenols is 1. The Balaban J connectivity index is 1.07. The molecule has 9 nitrogen and oxygen atoms in total. The first-order valence-electron chi connectivity index (χ1n) is 12.4. The zero-order chi connectivity index (χ0) is 24.2. The van der Waals surface area contributed by atoms with Crippen LogP contribution < -0.4 is 14.4 Å². The van der Waals surface area contributed by atoms with Crippen LogP contribution in [0.1, 0.15) is 37.3 Å². The van der Waals surface area contributed by atoms with Crippen molar-refractivity contribution in [2.75, 3.05) is 50.8 Å². The van der Waals surface area contributed by atoms with Gasteiger partial charge < -0.3 is 24.7 Å². The fourth-order valence-corrected chi connectivity index (χ4v) is 4.92. The van der Waals surface area contributed by atoms with Gasteiger partial charge in [0.2, 0.25) is 5.75 Å². The van der Waals surface area contributed by atoms with Gasteiger partial charge in [0.1, 0.15) is 13.2 Å². The number of oxime groups is 1. The normalized spacial score (nSPS) is 16.7. The van der Waals surface area contributed by atoms with Crippen molar-refractivity contribution in [2.45, 2.75) is 32.6 Å². The van der Waals surface area contributed by atoms with Gasteiger partial charge in [-0.3, -0.25) is 4.90 Å². The van der Waals surface area contributed by atoms with E-state index in [0.717, 1.165) is 62.3 Å². The fraction of sp³-hybridized carbons (Fsp3) is 0.462. The van der Waals surface area contributed by atoms with E-state index in [1.807, 2.05) is 16.8 Å². The van der Waals surface area contributed by atoms with Crippen LogP contribution in [0.25, 0.3) is 5.52 Å². The minimum atomic E-state index is 0.141. The van der Waals surface area contributed by atoms with Gasteiger partial charge in [0.25, 0.3) is 0 Å². The maximum atomic E-state index is 10.1. The molecule has 3 aromatic rings. The maximum absolute atomic E-state index is 10.1. The molecule has 2 aromatic heterocycles. The van der Waals surface area contributed by atoms with Crippen molar-refractivity contribution in [3.63, 3.8) is 0 Å². The van der Waals surface area contributed by atoms with Gasteiger partial charge in [0, 0.05) is 37.9 Å². The molecular weight excluding hydrogens is 446 g/mol. The number of fused-ring (bicyclic) bond motifs is 2. The van der Waals surface area contributed by atoms with E-state index in [-0.39, 0.29) is 5.75 Å². The van der Waals surface area contributed by atoms with Gasteiger partial charge in [-0.25, -0.2) is 4.52 Å². The number of aryl methyl sites for hydroxylation is 1. The summed E-state index contributed by atoms with van der Waals surface area (Å²) in [6.45, 7) is 7.78. The molecule has 1 aromatic carbocycles. The van der Waals surface area contributed by atoms with Crippen LogP contribution in [-0.4, -0.2) is 76.5 Å². The molecule has 0 atom stereocenters. The van der Waals surface area contributed by atoms with Crippen molar-refractivity contribution in [2.24, 2.45) is 5.16 Å². The van der Waals surface area contributed by atoms with Crippen LogP contribution in [0.4, 0.5) is 5.69 Å². The molecule has 0 unspecified atom stereocenters. The number of ether oxygens (including phenoxy) is 2. The third kappa shape index (κ3) is 5.00. The Morgan fingerprint density at radius 2 is 1.83 bits per heavy atom. The molecule has 0 radical (unpaired) electrons. The number of piperazine rings is 1. The van der Waals surface area contributed by atoms with Crippen molar-refractivity contribution in [3.05, 3.63) is 47.8 Å². The number of rotatable bonds is 8. The van der Waals surface area contributed by atoms with E-state index in [0.29, 0.717) is 30.4 Å².